The first kappa shape index (κ1) is 15.4. The first-order valence-corrected chi connectivity index (χ1v) is 7.93. The summed E-state index contributed by atoms with van der Waals surface area (Å²) in [5.74, 6) is 1.85. The van der Waals surface area contributed by atoms with Crippen molar-refractivity contribution in [2.45, 2.75) is 10.9 Å². The molecule has 0 aliphatic rings. The van der Waals surface area contributed by atoms with Gasteiger partial charge in [0.25, 0.3) is 0 Å². The third-order valence-corrected chi connectivity index (χ3v) is 4.11. The van der Waals surface area contributed by atoms with Crippen molar-refractivity contribution in [3.8, 4) is 5.75 Å². The molecule has 1 aromatic carbocycles. The molecule has 0 atom stereocenters. The van der Waals surface area contributed by atoms with Gasteiger partial charge in [0.15, 0.2) is 10.9 Å². The average Bonchev–Trinajstić information content (AvgIpc) is 2.59. The first-order valence-electron chi connectivity index (χ1n) is 6.95. The van der Waals surface area contributed by atoms with Crippen LogP contribution in [-0.4, -0.2) is 24.1 Å². The molecule has 2 aromatic heterocycles. The van der Waals surface area contributed by atoms with E-state index in [1.54, 1.807) is 0 Å². The van der Waals surface area contributed by atoms with Gasteiger partial charge >= 0.3 is 0 Å². The monoisotopic (exact) mass is 329 g/mol. The van der Waals surface area contributed by atoms with Crippen LogP contribution in [0.2, 0.25) is 0 Å². The molecule has 118 valence electrons. The Labute approximate surface area is 136 Å². The van der Waals surface area contributed by atoms with E-state index >= 15 is 0 Å². The molecule has 0 bridgehead atoms. The minimum Gasteiger partial charge on any atom is -0.490 e. The number of thioether (sulfide) groups is 1. The van der Waals surface area contributed by atoms with Gasteiger partial charge < -0.3 is 14.5 Å². The molecule has 23 heavy (non-hydrogen) atoms. The fourth-order valence-corrected chi connectivity index (χ4v) is 2.98. The quantitative estimate of drug-likeness (QED) is 0.569. The molecule has 3 rings (SSSR count). The SMILES string of the molecule is CNc1nc(SCc2occc(=O)c2OC)nc2ccccc12. The van der Waals surface area contributed by atoms with Gasteiger partial charge in [-0.15, -0.1) is 0 Å². The minimum absolute atomic E-state index is 0.204. The number of methoxy groups -OCH3 is 1. The molecule has 0 aliphatic heterocycles. The van der Waals surface area contributed by atoms with Gasteiger partial charge in [0, 0.05) is 18.5 Å². The van der Waals surface area contributed by atoms with Crippen molar-refractivity contribution < 1.29 is 9.15 Å². The lowest BCUT2D eigenvalue weighted by Crippen LogP contribution is -2.06. The third-order valence-electron chi connectivity index (χ3n) is 3.26. The standard InChI is InChI=1S/C16H15N3O3S/c1-17-15-10-5-3-4-6-11(10)18-16(19-15)23-9-13-14(21-2)12(20)7-8-22-13/h3-8H,9H2,1-2H3,(H,17,18,19). The van der Waals surface area contributed by atoms with E-state index < -0.39 is 0 Å². The van der Waals surface area contributed by atoms with Crippen LogP contribution in [0.5, 0.6) is 5.75 Å². The van der Waals surface area contributed by atoms with Gasteiger partial charge in [-0.05, 0) is 12.1 Å². The molecular formula is C16H15N3O3S. The molecule has 0 spiro atoms. The van der Waals surface area contributed by atoms with Crippen LogP contribution in [0.1, 0.15) is 5.76 Å². The van der Waals surface area contributed by atoms with E-state index in [1.165, 1.54) is 31.2 Å². The molecule has 0 saturated carbocycles. The van der Waals surface area contributed by atoms with Crippen molar-refractivity contribution in [3.63, 3.8) is 0 Å². The first-order chi connectivity index (χ1) is 11.2. The number of aromatic nitrogens is 2. The number of rotatable bonds is 5. The van der Waals surface area contributed by atoms with Crippen LogP contribution in [0.25, 0.3) is 10.9 Å². The van der Waals surface area contributed by atoms with Crippen LogP contribution >= 0.6 is 11.8 Å². The number of para-hydroxylation sites is 1. The molecule has 0 amide bonds. The van der Waals surface area contributed by atoms with Crippen molar-refractivity contribution in [1.82, 2.24) is 9.97 Å². The summed E-state index contributed by atoms with van der Waals surface area (Å²) in [6.07, 6.45) is 1.36. The molecular weight excluding hydrogens is 314 g/mol. The second-order valence-corrected chi connectivity index (χ2v) is 5.59. The Balaban J connectivity index is 1.91. The Morgan fingerprint density at radius 1 is 1.26 bits per heavy atom. The van der Waals surface area contributed by atoms with Crippen molar-refractivity contribution in [1.29, 1.82) is 0 Å². The van der Waals surface area contributed by atoms with Gasteiger partial charge in [-0.1, -0.05) is 23.9 Å². The van der Waals surface area contributed by atoms with E-state index in [0.29, 0.717) is 16.7 Å². The molecule has 6 nitrogen and oxygen atoms in total. The van der Waals surface area contributed by atoms with Gasteiger partial charge in [-0.3, -0.25) is 4.79 Å². The topological polar surface area (TPSA) is 77.2 Å². The zero-order valence-electron chi connectivity index (χ0n) is 12.7. The molecule has 0 aliphatic carbocycles. The third kappa shape index (κ3) is 3.14. The Morgan fingerprint density at radius 3 is 2.87 bits per heavy atom. The van der Waals surface area contributed by atoms with E-state index in [9.17, 15) is 4.79 Å². The summed E-state index contributed by atoms with van der Waals surface area (Å²) < 4.78 is 10.5. The summed E-state index contributed by atoms with van der Waals surface area (Å²) in [6, 6.07) is 9.12. The van der Waals surface area contributed by atoms with E-state index in [-0.39, 0.29) is 11.2 Å². The summed E-state index contributed by atoms with van der Waals surface area (Å²) >= 11 is 1.38. The zero-order chi connectivity index (χ0) is 16.2. The van der Waals surface area contributed by atoms with E-state index in [4.69, 9.17) is 9.15 Å². The van der Waals surface area contributed by atoms with Crippen LogP contribution in [0.3, 0.4) is 0 Å². The van der Waals surface area contributed by atoms with E-state index in [0.717, 1.165) is 16.7 Å². The number of hydrogen-bond donors (Lipinski definition) is 1. The van der Waals surface area contributed by atoms with E-state index in [2.05, 4.69) is 15.3 Å². The van der Waals surface area contributed by atoms with Gasteiger partial charge in [-0.25, -0.2) is 9.97 Å². The largest absolute Gasteiger partial charge is 0.490 e. The van der Waals surface area contributed by atoms with Crippen LogP contribution in [0.15, 0.2) is 51.0 Å². The summed E-state index contributed by atoms with van der Waals surface area (Å²) in [7, 11) is 3.27. The lowest BCUT2D eigenvalue weighted by atomic mass is 10.2. The lowest BCUT2D eigenvalue weighted by molar-refractivity contribution is 0.374. The number of hydrogen-bond acceptors (Lipinski definition) is 7. The number of ether oxygens (including phenoxy) is 1. The number of fused-ring (bicyclic) bond motifs is 1. The van der Waals surface area contributed by atoms with Gasteiger partial charge in [-0.2, -0.15) is 0 Å². The highest BCUT2D eigenvalue weighted by molar-refractivity contribution is 7.98. The summed E-state index contributed by atoms with van der Waals surface area (Å²) in [5, 5.41) is 4.64. The van der Waals surface area contributed by atoms with Gasteiger partial charge in [0.05, 0.1) is 24.6 Å². The highest BCUT2D eigenvalue weighted by Gasteiger charge is 2.12. The molecule has 0 saturated heterocycles. The normalized spacial score (nSPS) is 10.7. The van der Waals surface area contributed by atoms with Crippen molar-refractivity contribution in [3.05, 3.63) is 52.6 Å². The molecule has 0 fully saturated rings. The van der Waals surface area contributed by atoms with Crippen molar-refractivity contribution >= 4 is 28.5 Å². The second-order valence-electron chi connectivity index (χ2n) is 4.65. The maximum atomic E-state index is 11.7. The number of nitrogens with zero attached hydrogens (tertiary/aromatic N) is 2. The van der Waals surface area contributed by atoms with Crippen LogP contribution < -0.4 is 15.5 Å². The molecule has 7 heteroatoms. The highest BCUT2D eigenvalue weighted by atomic mass is 32.2. The van der Waals surface area contributed by atoms with Gasteiger partial charge in [0.1, 0.15) is 5.82 Å². The maximum absolute atomic E-state index is 11.7. The molecule has 0 radical (unpaired) electrons. The predicted octanol–water partition coefficient (Wildman–Crippen LogP) is 2.93. The highest BCUT2D eigenvalue weighted by Crippen LogP contribution is 2.27. The molecule has 0 unspecified atom stereocenters. The lowest BCUT2D eigenvalue weighted by Gasteiger charge is -2.08. The van der Waals surface area contributed by atoms with Crippen LogP contribution in [0, 0.1) is 0 Å². The van der Waals surface area contributed by atoms with Crippen LogP contribution in [-0.2, 0) is 5.75 Å². The fourth-order valence-electron chi connectivity index (χ4n) is 2.20. The number of benzene rings is 1. The number of nitrogens with one attached hydrogen (secondary N) is 1. The smallest absolute Gasteiger partial charge is 0.227 e. The minimum atomic E-state index is -0.204. The Bertz CT molecular complexity index is 895. The average molecular weight is 329 g/mol. The molecule has 2 heterocycles. The Morgan fingerprint density at radius 2 is 2.09 bits per heavy atom. The van der Waals surface area contributed by atoms with Gasteiger partial charge in [0.2, 0.25) is 11.2 Å². The Kier molecular flexibility index (Phi) is 4.47. The van der Waals surface area contributed by atoms with Crippen molar-refractivity contribution in [2.24, 2.45) is 0 Å². The van der Waals surface area contributed by atoms with Crippen LogP contribution in [0.4, 0.5) is 5.82 Å². The summed E-state index contributed by atoms with van der Waals surface area (Å²) in [5.41, 5.74) is 0.653. The molecule has 3 aromatic rings. The zero-order valence-corrected chi connectivity index (χ0v) is 13.5. The maximum Gasteiger partial charge on any atom is 0.227 e. The number of anilines is 1. The van der Waals surface area contributed by atoms with Crippen molar-refractivity contribution in [2.75, 3.05) is 19.5 Å². The summed E-state index contributed by atoms with van der Waals surface area (Å²) in [6.45, 7) is 0. The fraction of sp³-hybridized carbons (Fsp3) is 0.188. The summed E-state index contributed by atoms with van der Waals surface area (Å²) in [4.78, 5) is 20.7. The second kappa shape index (κ2) is 6.70. The Hall–Kier alpha value is -2.54. The van der Waals surface area contributed by atoms with E-state index in [1.807, 2.05) is 31.3 Å². The molecule has 1 N–H and O–H groups in total. The predicted molar refractivity (Wildman–Crippen MR) is 90.2 cm³/mol.